The molecule has 2 aliphatic carbocycles. The largest absolute Gasteiger partial charge is 0.479 e. The highest BCUT2D eigenvalue weighted by Gasteiger charge is 2.58. The summed E-state index contributed by atoms with van der Waals surface area (Å²) in [5, 5.41) is 62.2. The van der Waals surface area contributed by atoms with Crippen molar-refractivity contribution in [3.05, 3.63) is 0 Å². The van der Waals surface area contributed by atoms with E-state index in [0.29, 0.717) is 25.9 Å². The van der Waals surface area contributed by atoms with Crippen molar-refractivity contribution in [1.82, 2.24) is 0 Å². The Balaban J connectivity index is 1.38. The van der Waals surface area contributed by atoms with Gasteiger partial charge in [-0.1, -0.05) is 19.8 Å². The lowest BCUT2D eigenvalue weighted by Crippen LogP contribution is -2.63. The van der Waals surface area contributed by atoms with Crippen molar-refractivity contribution in [3.8, 4) is 0 Å². The maximum atomic E-state index is 12.3. The van der Waals surface area contributed by atoms with E-state index >= 15 is 0 Å². The highest BCUT2D eigenvalue weighted by molar-refractivity contribution is 5.74. The third-order valence-corrected chi connectivity index (χ3v) is 9.72. The first-order chi connectivity index (χ1) is 19.6. The van der Waals surface area contributed by atoms with Gasteiger partial charge in [-0.3, -0.25) is 0 Å². The molecule has 0 aromatic carbocycles. The molecule has 0 amide bonds. The van der Waals surface area contributed by atoms with Gasteiger partial charge < -0.3 is 59.1 Å². The fraction of sp³-hybridized carbons (Fsp3) is 0.964. The number of carboxylic acid groups (broad SMARTS) is 1. The Morgan fingerprint density at radius 3 is 2.29 bits per heavy atom. The van der Waals surface area contributed by atoms with Crippen LogP contribution in [0.25, 0.3) is 0 Å². The molecule has 14 atom stereocenters. The van der Waals surface area contributed by atoms with Gasteiger partial charge in [0.1, 0.15) is 42.7 Å². The number of carbonyl (C=O) groups is 1. The number of carboxylic acids is 1. The average Bonchev–Trinajstić information content (AvgIpc) is 3.72. The van der Waals surface area contributed by atoms with Crippen LogP contribution in [0.5, 0.6) is 0 Å². The van der Waals surface area contributed by atoms with Crippen LogP contribution in [0.1, 0.15) is 65.2 Å². The van der Waals surface area contributed by atoms with Crippen molar-refractivity contribution < 1.29 is 63.9 Å². The lowest BCUT2D eigenvalue weighted by atomic mass is 9.82. The van der Waals surface area contributed by atoms with Crippen molar-refractivity contribution in [3.63, 3.8) is 0 Å². The fourth-order valence-electron chi connectivity index (χ4n) is 7.00. The summed E-state index contributed by atoms with van der Waals surface area (Å²) in [5.41, 5.74) is -0.500. The molecule has 6 N–H and O–H groups in total. The van der Waals surface area contributed by atoms with Crippen molar-refractivity contribution in [2.45, 2.75) is 145 Å². The number of aliphatic hydroxyl groups is 5. The first kappa shape index (κ1) is 31.5. The summed E-state index contributed by atoms with van der Waals surface area (Å²) in [7, 11) is 0. The second kappa shape index (κ2) is 12.9. The summed E-state index contributed by atoms with van der Waals surface area (Å²) in [5.74, 6) is -1.08. The van der Waals surface area contributed by atoms with E-state index in [9.17, 15) is 35.4 Å². The van der Waals surface area contributed by atoms with Crippen LogP contribution in [0.2, 0.25) is 0 Å². The van der Waals surface area contributed by atoms with Crippen LogP contribution in [0.3, 0.4) is 0 Å². The van der Waals surface area contributed by atoms with Gasteiger partial charge in [0.05, 0.1) is 24.9 Å². The van der Waals surface area contributed by atoms with E-state index in [2.05, 4.69) is 0 Å². The normalized spacial score (nSPS) is 48.5. The first-order valence-electron chi connectivity index (χ1n) is 15.0. The van der Waals surface area contributed by atoms with Crippen molar-refractivity contribution in [2.24, 2.45) is 11.3 Å². The van der Waals surface area contributed by atoms with E-state index in [4.69, 9.17) is 28.4 Å². The summed E-state index contributed by atoms with van der Waals surface area (Å²) in [6.07, 6.45) is -8.44. The van der Waals surface area contributed by atoms with E-state index in [1.807, 2.05) is 6.92 Å². The van der Waals surface area contributed by atoms with Crippen LogP contribution >= 0.6 is 0 Å². The highest BCUT2D eigenvalue weighted by atomic mass is 16.7. The highest BCUT2D eigenvalue weighted by Crippen LogP contribution is 2.55. The lowest BCUT2D eigenvalue weighted by molar-refractivity contribution is -0.353. The predicted molar refractivity (Wildman–Crippen MR) is 138 cm³/mol. The molecule has 0 radical (unpaired) electrons. The molecule has 0 bridgehead atoms. The van der Waals surface area contributed by atoms with Gasteiger partial charge >= 0.3 is 5.97 Å². The van der Waals surface area contributed by atoms with E-state index in [-0.39, 0.29) is 5.92 Å². The van der Waals surface area contributed by atoms with Crippen LogP contribution in [0.4, 0.5) is 0 Å². The van der Waals surface area contributed by atoms with Crippen molar-refractivity contribution in [1.29, 1.82) is 0 Å². The van der Waals surface area contributed by atoms with E-state index in [0.717, 1.165) is 32.1 Å². The Kier molecular flexibility index (Phi) is 9.93. The standard InChI is InChI=1S/C28H46O13/c1-3-14-6-4-7-15(21(14)41-26-20(33)19(32)17(30)13(2)37-26)38-27-23-22(18(31)16(12-29)39-27)40-24(25(34)35)28(9-10-28)8-5-11-36-23/h13-24,26-27,29-33H,3-12H2,1-2H3,(H,34,35)/t13?,14-,15-,16?,17-,18+,19?,20+,21?,22?,23?,24+,26+,27-/m1/s1. The predicted octanol–water partition coefficient (Wildman–Crippen LogP) is -0.330. The van der Waals surface area contributed by atoms with Gasteiger partial charge in [-0.05, 0) is 51.4 Å². The minimum Gasteiger partial charge on any atom is -0.479 e. The second-order valence-corrected chi connectivity index (χ2v) is 12.4. The smallest absolute Gasteiger partial charge is 0.333 e. The number of aliphatic hydroxyl groups excluding tert-OH is 5. The zero-order valence-corrected chi connectivity index (χ0v) is 23.7. The SMILES string of the molecule is CC[C@@H]1CCC[C@@H](O[C@@H]2OC(CO)[C@H](O)C3O[C@@H](C(=O)O)C4(CCCOC32)CC4)C1O[C@@H]1OC(C)[C@@H](O)C(O)[C@@H]1O. The van der Waals surface area contributed by atoms with E-state index in [1.54, 1.807) is 6.92 Å². The average molecular weight is 591 g/mol. The summed E-state index contributed by atoms with van der Waals surface area (Å²) < 4.78 is 36.8. The summed E-state index contributed by atoms with van der Waals surface area (Å²) >= 11 is 0. The molecule has 236 valence electrons. The maximum Gasteiger partial charge on any atom is 0.333 e. The number of hydrogen-bond acceptors (Lipinski definition) is 12. The molecule has 13 nitrogen and oxygen atoms in total. The van der Waals surface area contributed by atoms with Crippen molar-refractivity contribution in [2.75, 3.05) is 13.2 Å². The minimum atomic E-state index is -1.47. The first-order valence-corrected chi connectivity index (χ1v) is 15.0. The van der Waals surface area contributed by atoms with Gasteiger partial charge in [-0.2, -0.15) is 0 Å². The molecule has 5 fully saturated rings. The van der Waals surface area contributed by atoms with Gasteiger partial charge in [-0.25, -0.2) is 4.79 Å². The Labute approximate surface area is 239 Å². The van der Waals surface area contributed by atoms with Crippen LogP contribution < -0.4 is 0 Å². The number of aliphatic carboxylic acids is 1. The van der Waals surface area contributed by atoms with Gasteiger partial charge in [0, 0.05) is 12.0 Å². The lowest BCUT2D eigenvalue weighted by Gasteiger charge is -2.48. The molecule has 1 spiro atoms. The van der Waals surface area contributed by atoms with E-state index in [1.165, 1.54) is 0 Å². The molecule has 6 unspecified atom stereocenters. The number of hydrogen-bond donors (Lipinski definition) is 6. The summed E-state index contributed by atoms with van der Waals surface area (Å²) in [4.78, 5) is 12.3. The second-order valence-electron chi connectivity index (χ2n) is 12.4. The molecule has 0 aromatic heterocycles. The Morgan fingerprint density at radius 2 is 1.63 bits per heavy atom. The summed E-state index contributed by atoms with van der Waals surface area (Å²) in [6, 6.07) is 0. The number of fused-ring (bicyclic) bond motifs is 1. The molecular formula is C28H46O13. The Morgan fingerprint density at radius 1 is 0.878 bits per heavy atom. The molecule has 13 heteroatoms. The molecule has 0 aromatic rings. The van der Waals surface area contributed by atoms with Gasteiger partial charge in [0.25, 0.3) is 0 Å². The third-order valence-electron chi connectivity index (χ3n) is 9.72. The molecule has 2 saturated carbocycles. The topological polar surface area (TPSA) is 194 Å². The van der Waals surface area contributed by atoms with Crippen LogP contribution in [0.15, 0.2) is 0 Å². The quantitative estimate of drug-likeness (QED) is 0.226. The molecule has 3 heterocycles. The van der Waals surface area contributed by atoms with Gasteiger partial charge in [0.15, 0.2) is 18.7 Å². The molecule has 3 aliphatic heterocycles. The van der Waals surface area contributed by atoms with Crippen LogP contribution in [-0.2, 0) is 33.2 Å². The zero-order valence-electron chi connectivity index (χ0n) is 23.7. The number of ether oxygens (including phenoxy) is 6. The van der Waals surface area contributed by atoms with Gasteiger partial charge in [-0.15, -0.1) is 0 Å². The van der Waals surface area contributed by atoms with Gasteiger partial charge in [0.2, 0.25) is 0 Å². The summed E-state index contributed by atoms with van der Waals surface area (Å²) in [6.45, 7) is 3.35. The molecule has 5 rings (SSSR count). The molecule has 3 saturated heterocycles. The fourth-order valence-corrected chi connectivity index (χ4v) is 7.00. The van der Waals surface area contributed by atoms with Crippen LogP contribution in [0, 0.1) is 11.3 Å². The monoisotopic (exact) mass is 590 g/mol. The minimum absolute atomic E-state index is 0.0197. The Hall–Kier alpha value is -0.970. The maximum absolute atomic E-state index is 12.3. The third kappa shape index (κ3) is 6.32. The Bertz CT molecular complexity index is 885. The molecular weight excluding hydrogens is 544 g/mol. The van der Waals surface area contributed by atoms with E-state index < -0.39 is 97.7 Å². The molecule has 41 heavy (non-hydrogen) atoms. The van der Waals surface area contributed by atoms with Crippen molar-refractivity contribution >= 4 is 5.97 Å². The zero-order chi connectivity index (χ0) is 29.5. The number of rotatable bonds is 7. The molecule has 5 aliphatic rings. The van der Waals surface area contributed by atoms with Crippen LogP contribution in [-0.4, -0.2) is 130 Å².